The van der Waals surface area contributed by atoms with E-state index in [4.69, 9.17) is 11.6 Å². The number of aromatic nitrogens is 3. The molecule has 150 valence electrons. The Bertz CT molecular complexity index is 1230. The molecule has 5 nitrogen and oxygen atoms in total. The standard InChI is InChI=1S/C23H18ClFN4O/c1-14-5-3-6-18(13-14)29-22(16-9-11-17(25)12-10-16)27-21(28-29)23(30)26-20-8-4-7-19(24)15(20)2/h3-13H,1-2H3,(H,26,30). The molecule has 0 unspecified atom stereocenters. The first-order chi connectivity index (χ1) is 14.4. The minimum Gasteiger partial charge on any atom is -0.319 e. The van der Waals surface area contributed by atoms with Crippen LogP contribution in [-0.2, 0) is 0 Å². The zero-order chi connectivity index (χ0) is 21.3. The summed E-state index contributed by atoms with van der Waals surface area (Å²) in [7, 11) is 0. The maximum Gasteiger partial charge on any atom is 0.295 e. The Hall–Kier alpha value is -3.51. The van der Waals surface area contributed by atoms with E-state index in [1.165, 1.54) is 12.1 Å². The summed E-state index contributed by atoms with van der Waals surface area (Å²) >= 11 is 6.14. The fourth-order valence-electron chi connectivity index (χ4n) is 3.05. The molecule has 3 aromatic carbocycles. The molecule has 1 aromatic heterocycles. The molecular weight excluding hydrogens is 403 g/mol. The smallest absolute Gasteiger partial charge is 0.295 e. The summed E-state index contributed by atoms with van der Waals surface area (Å²) in [5.74, 6) is -0.381. The maximum atomic E-state index is 13.4. The van der Waals surface area contributed by atoms with Crippen molar-refractivity contribution in [1.29, 1.82) is 0 Å². The molecule has 0 saturated heterocycles. The van der Waals surface area contributed by atoms with Crippen molar-refractivity contribution in [2.45, 2.75) is 13.8 Å². The normalized spacial score (nSPS) is 10.8. The Labute approximate surface area is 178 Å². The van der Waals surface area contributed by atoms with E-state index >= 15 is 0 Å². The molecule has 0 aliphatic heterocycles. The number of nitrogens with one attached hydrogen (secondary N) is 1. The van der Waals surface area contributed by atoms with Crippen LogP contribution in [0.3, 0.4) is 0 Å². The van der Waals surface area contributed by atoms with Crippen molar-refractivity contribution < 1.29 is 9.18 Å². The Morgan fingerprint density at radius 3 is 2.50 bits per heavy atom. The van der Waals surface area contributed by atoms with Gasteiger partial charge in [0.1, 0.15) is 5.82 Å². The maximum absolute atomic E-state index is 13.4. The molecular formula is C23H18ClFN4O. The van der Waals surface area contributed by atoms with Gasteiger partial charge in [-0.1, -0.05) is 29.8 Å². The van der Waals surface area contributed by atoms with Crippen LogP contribution in [0.1, 0.15) is 21.7 Å². The lowest BCUT2D eigenvalue weighted by molar-refractivity contribution is 0.101. The predicted molar refractivity (Wildman–Crippen MR) is 116 cm³/mol. The topological polar surface area (TPSA) is 59.8 Å². The van der Waals surface area contributed by atoms with Crippen molar-refractivity contribution in [3.05, 3.63) is 94.5 Å². The van der Waals surface area contributed by atoms with Crippen LogP contribution < -0.4 is 5.32 Å². The number of benzene rings is 3. The Balaban J connectivity index is 1.77. The van der Waals surface area contributed by atoms with Gasteiger partial charge in [0.05, 0.1) is 5.69 Å². The van der Waals surface area contributed by atoms with Gasteiger partial charge >= 0.3 is 0 Å². The Morgan fingerprint density at radius 2 is 1.77 bits per heavy atom. The number of hydrogen-bond donors (Lipinski definition) is 1. The van der Waals surface area contributed by atoms with Crippen LogP contribution in [-0.4, -0.2) is 20.7 Å². The summed E-state index contributed by atoms with van der Waals surface area (Å²) < 4.78 is 15.0. The molecule has 1 heterocycles. The van der Waals surface area contributed by atoms with Crippen molar-refractivity contribution in [3.8, 4) is 17.1 Å². The molecule has 0 aliphatic rings. The van der Waals surface area contributed by atoms with Crippen LogP contribution >= 0.6 is 11.6 Å². The van der Waals surface area contributed by atoms with Crippen molar-refractivity contribution in [3.63, 3.8) is 0 Å². The Kier molecular flexibility index (Phi) is 5.33. The molecule has 0 bridgehead atoms. The lowest BCUT2D eigenvalue weighted by Crippen LogP contribution is -2.15. The first-order valence-corrected chi connectivity index (χ1v) is 9.66. The van der Waals surface area contributed by atoms with E-state index in [2.05, 4.69) is 15.4 Å². The van der Waals surface area contributed by atoms with Crippen molar-refractivity contribution >= 4 is 23.2 Å². The molecule has 4 aromatic rings. The summed E-state index contributed by atoms with van der Waals surface area (Å²) in [4.78, 5) is 17.3. The van der Waals surface area contributed by atoms with E-state index in [1.807, 2.05) is 38.1 Å². The molecule has 0 aliphatic carbocycles. The van der Waals surface area contributed by atoms with E-state index in [9.17, 15) is 9.18 Å². The quantitative estimate of drug-likeness (QED) is 0.467. The number of rotatable bonds is 4. The monoisotopic (exact) mass is 420 g/mol. The predicted octanol–water partition coefficient (Wildman–Crippen LogP) is 5.60. The van der Waals surface area contributed by atoms with Gasteiger partial charge in [-0.05, 0) is 73.5 Å². The summed E-state index contributed by atoms with van der Waals surface area (Å²) in [6, 6.07) is 18.8. The number of anilines is 1. The summed E-state index contributed by atoms with van der Waals surface area (Å²) in [5.41, 5.74) is 3.77. The highest BCUT2D eigenvalue weighted by molar-refractivity contribution is 6.31. The number of carbonyl (C=O) groups excluding carboxylic acids is 1. The molecule has 0 spiro atoms. The van der Waals surface area contributed by atoms with Gasteiger partial charge in [0.2, 0.25) is 5.82 Å². The Morgan fingerprint density at radius 1 is 1.03 bits per heavy atom. The second-order valence-corrected chi connectivity index (χ2v) is 7.29. The largest absolute Gasteiger partial charge is 0.319 e. The van der Waals surface area contributed by atoms with Gasteiger partial charge in [-0.2, -0.15) is 0 Å². The minimum absolute atomic E-state index is 0.00444. The van der Waals surface area contributed by atoms with Crippen molar-refractivity contribution in [1.82, 2.24) is 14.8 Å². The minimum atomic E-state index is -0.463. The van der Waals surface area contributed by atoms with Crippen LogP contribution in [0.25, 0.3) is 17.1 Å². The average molecular weight is 421 g/mol. The van der Waals surface area contributed by atoms with E-state index in [1.54, 1.807) is 35.0 Å². The molecule has 30 heavy (non-hydrogen) atoms. The molecule has 0 saturated carbocycles. The number of hydrogen-bond acceptors (Lipinski definition) is 3. The van der Waals surface area contributed by atoms with Gasteiger partial charge in [-0.3, -0.25) is 4.79 Å². The first kappa shape index (κ1) is 19.8. The first-order valence-electron chi connectivity index (χ1n) is 9.29. The molecule has 1 N–H and O–H groups in total. The lowest BCUT2D eigenvalue weighted by Gasteiger charge is -2.07. The second kappa shape index (κ2) is 8.08. The van der Waals surface area contributed by atoms with Crippen LogP contribution in [0.5, 0.6) is 0 Å². The average Bonchev–Trinajstić information content (AvgIpc) is 3.18. The lowest BCUT2D eigenvalue weighted by atomic mass is 10.2. The van der Waals surface area contributed by atoms with Gasteiger partial charge in [0.15, 0.2) is 5.82 Å². The highest BCUT2D eigenvalue weighted by Crippen LogP contribution is 2.25. The molecule has 1 amide bonds. The molecule has 0 fully saturated rings. The molecule has 4 rings (SSSR count). The van der Waals surface area contributed by atoms with Gasteiger partial charge in [0.25, 0.3) is 5.91 Å². The number of aryl methyl sites for hydroxylation is 1. The zero-order valence-electron chi connectivity index (χ0n) is 16.4. The fourth-order valence-corrected chi connectivity index (χ4v) is 3.23. The van der Waals surface area contributed by atoms with Crippen LogP contribution in [0.15, 0.2) is 66.7 Å². The molecule has 7 heteroatoms. The van der Waals surface area contributed by atoms with Crippen LogP contribution in [0.2, 0.25) is 5.02 Å². The highest BCUT2D eigenvalue weighted by Gasteiger charge is 2.20. The third-order valence-electron chi connectivity index (χ3n) is 4.67. The van der Waals surface area contributed by atoms with Crippen LogP contribution in [0.4, 0.5) is 10.1 Å². The van der Waals surface area contributed by atoms with E-state index in [0.29, 0.717) is 22.1 Å². The number of nitrogens with zero attached hydrogens (tertiary/aromatic N) is 3. The summed E-state index contributed by atoms with van der Waals surface area (Å²) in [6.45, 7) is 3.79. The summed E-state index contributed by atoms with van der Waals surface area (Å²) in [6.07, 6.45) is 0. The van der Waals surface area contributed by atoms with Gasteiger partial charge in [-0.15, -0.1) is 5.10 Å². The van der Waals surface area contributed by atoms with Gasteiger partial charge in [-0.25, -0.2) is 14.1 Å². The van der Waals surface area contributed by atoms with E-state index in [0.717, 1.165) is 16.8 Å². The molecule has 0 radical (unpaired) electrons. The third-order valence-corrected chi connectivity index (χ3v) is 5.08. The SMILES string of the molecule is Cc1cccc(-n2nc(C(=O)Nc3cccc(Cl)c3C)nc2-c2ccc(F)cc2)c1. The number of amides is 1. The molecule has 0 atom stereocenters. The highest BCUT2D eigenvalue weighted by atomic mass is 35.5. The van der Waals surface area contributed by atoms with E-state index in [-0.39, 0.29) is 11.6 Å². The third kappa shape index (κ3) is 3.95. The van der Waals surface area contributed by atoms with Crippen molar-refractivity contribution in [2.75, 3.05) is 5.32 Å². The number of halogens is 2. The van der Waals surface area contributed by atoms with Crippen LogP contribution in [0, 0.1) is 19.7 Å². The second-order valence-electron chi connectivity index (χ2n) is 6.88. The van der Waals surface area contributed by atoms with Gasteiger partial charge in [0, 0.05) is 16.3 Å². The summed E-state index contributed by atoms with van der Waals surface area (Å²) in [5, 5.41) is 7.80. The van der Waals surface area contributed by atoms with Gasteiger partial charge < -0.3 is 5.32 Å². The zero-order valence-corrected chi connectivity index (χ0v) is 17.1. The van der Waals surface area contributed by atoms with Crippen molar-refractivity contribution in [2.24, 2.45) is 0 Å². The number of carbonyl (C=O) groups is 1. The fraction of sp³-hybridized carbons (Fsp3) is 0.0870. The van der Waals surface area contributed by atoms with E-state index < -0.39 is 5.91 Å².